The summed E-state index contributed by atoms with van der Waals surface area (Å²) in [4.78, 5) is 24.2. The topological polar surface area (TPSA) is 69.6 Å². The second kappa shape index (κ2) is 6.47. The van der Waals surface area contributed by atoms with Crippen LogP contribution in [0.3, 0.4) is 0 Å². The van der Waals surface area contributed by atoms with Crippen LogP contribution in [0.15, 0.2) is 0 Å². The molecule has 5 nitrogen and oxygen atoms in total. The van der Waals surface area contributed by atoms with E-state index in [1.54, 1.807) is 18.9 Å². The van der Waals surface area contributed by atoms with Gasteiger partial charge < -0.3 is 15.3 Å². The van der Waals surface area contributed by atoms with Crippen LogP contribution in [0.2, 0.25) is 0 Å². The molecule has 0 radical (unpaired) electrons. The Bertz CT molecular complexity index is 275. The van der Waals surface area contributed by atoms with Gasteiger partial charge in [-0.25, -0.2) is 9.59 Å². The van der Waals surface area contributed by atoms with Crippen molar-refractivity contribution in [2.24, 2.45) is 5.92 Å². The molecule has 1 aliphatic rings. The summed E-state index contributed by atoms with van der Waals surface area (Å²) in [7, 11) is 1.72. The van der Waals surface area contributed by atoms with Gasteiger partial charge in [-0.05, 0) is 25.2 Å². The lowest BCUT2D eigenvalue weighted by molar-refractivity contribution is -0.139. The molecule has 5 heteroatoms. The lowest BCUT2D eigenvalue weighted by Crippen LogP contribution is -2.47. The number of rotatable bonds is 5. The number of amides is 2. The number of urea groups is 1. The summed E-state index contributed by atoms with van der Waals surface area (Å²) in [5.41, 5.74) is 0. The zero-order chi connectivity index (χ0) is 12.8. The minimum Gasteiger partial charge on any atom is -0.480 e. The molecule has 0 aromatic rings. The van der Waals surface area contributed by atoms with Gasteiger partial charge in [-0.15, -0.1) is 0 Å². The zero-order valence-electron chi connectivity index (χ0n) is 10.6. The fraction of sp³-hybridized carbons (Fsp3) is 0.833. The van der Waals surface area contributed by atoms with Crippen molar-refractivity contribution in [2.45, 2.75) is 45.1 Å². The third-order valence-electron chi connectivity index (χ3n) is 3.36. The molecule has 0 saturated heterocycles. The summed E-state index contributed by atoms with van der Waals surface area (Å²) in [5.74, 6) is -0.397. The molecule has 0 aromatic heterocycles. The van der Waals surface area contributed by atoms with E-state index in [2.05, 4.69) is 5.32 Å². The van der Waals surface area contributed by atoms with Gasteiger partial charge in [0.1, 0.15) is 6.04 Å². The third kappa shape index (κ3) is 4.24. The second-order valence-corrected chi connectivity index (χ2v) is 4.78. The molecule has 17 heavy (non-hydrogen) atoms. The molecule has 0 aromatic carbocycles. The second-order valence-electron chi connectivity index (χ2n) is 4.78. The van der Waals surface area contributed by atoms with Gasteiger partial charge in [-0.2, -0.15) is 0 Å². The normalized spacial score (nSPS) is 17.8. The summed E-state index contributed by atoms with van der Waals surface area (Å²) >= 11 is 0. The number of hydrogen-bond acceptors (Lipinski definition) is 2. The average Bonchev–Trinajstić information content (AvgIpc) is 2.77. The Morgan fingerprint density at radius 3 is 2.47 bits per heavy atom. The largest absolute Gasteiger partial charge is 0.480 e. The molecular formula is C12H22N2O3. The quantitative estimate of drug-likeness (QED) is 0.770. The van der Waals surface area contributed by atoms with Crippen molar-refractivity contribution in [1.82, 2.24) is 10.2 Å². The van der Waals surface area contributed by atoms with Crippen molar-refractivity contribution in [2.75, 3.05) is 13.6 Å². The molecule has 1 fully saturated rings. The minimum absolute atomic E-state index is 0.286. The summed E-state index contributed by atoms with van der Waals surface area (Å²) in [6.07, 6.45) is 5.24. The number of carboxylic acid groups (broad SMARTS) is 1. The van der Waals surface area contributed by atoms with Gasteiger partial charge in [0.05, 0.1) is 0 Å². The van der Waals surface area contributed by atoms with E-state index in [9.17, 15) is 9.59 Å². The monoisotopic (exact) mass is 242 g/mol. The predicted molar refractivity (Wildman–Crippen MR) is 64.8 cm³/mol. The fourth-order valence-electron chi connectivity index (χ4n) is 2.26. The first-order valence-corrected chi connectivity index (χ1v) is 6.29. The first-order chi connectivity index (χ1) is 8.04. The standard InChI is InChI=1S/C12H22N2O3/c1-3-10(11(15)16)13-12(17)14(2)8-9-6-4-5-7-9/h9-10H,3-8H2,1-2H3,(H,13,17)(H,15,16)/t10-/m0/s1. The highest BCUT2D eigenvalue weighted by Crippen LogP contribution is 2.25. The maximum absolute atomic E-state index is 11.8. The predicted octanol–water partition coefficient (Wildman–Crippen LogP) is 1.68. The van der Waals surface area contributed by atoms with E-state index in [4.69, 9.17) is 5.11 Å². The number of aliphatic carboxylic acids is 1. The molecule has 2 N–H and O–H groups in total. The summed E-state index contributed by atoms with van der Waals surface area (Å²) < 4.78 is 0. The van der Waals surface area contributed by atoms with Crippen molar-refractivity contribution in [3.63, 3.8) is 0 Å². The average molecular weight is 242 g/mol. The van der Waals surface area contributed by atoms with Gasteiger partial charge in [0.25, 0.3) is 0 Å². The Morgan fingerprint density at radius 1 is 1.41 bits per heavy atom. The highest BCUT2D eigenvalue weighted by molar-refractivity contribution is 5.82. The Hall–Kier alpha value is -1.26. The highest BCUT2D eigenvalue weighted by atomic mass is 16.4. The molecule has 98 valence electrons. The zero-order valence-corrected chi connectivity index (χ0v) is 10.6. The lowest BCUT2D eigenvalue weighted by atomic mass is 10.1. The molecule has 2 amide bonds. The molecule has 1 aliphatic carbocycles. The summed E-state index contributed by atoms with van der Waals surface area (Å²) in [6.45, 7) is 2.47. The van der Waals surface area contributed by atoms with Gasteiger partial charge in [0.15, 0.2) is 0 Å². The van der Waals surface area contributed by atoms with Gasteiger partial charge in [-0.1, -0.05) is 19.8 Å². The number of nitrogens with zero attached hydrogens (tertiary/aromatic N) is 1. The van der Waals surface area contributed by atoms with Crippen LogP contribution < -0.4 is 5.32 Å². The SMILES string of the molecule is CC[C@H](NC(=O)N(C)CC1CCCC1)C(=O)O. The van der Waals surface area contributed by atoms with Crippen LogP contribution >= 0.6 is 0 Å². The van der Waals surface area contributed by atoms with Gasteiger partial charge in [-0.3, -0.25) is 0 Å². The lowest BCUT2D eigenvalue weighted by Gasteiger charge is -2.23. The van der Waals surface area contributed by atoms with Crippen LogP contribution in [0.1, 0.15) is 39.0 Å². The first kappa shape index (κ1) is 13.8. The molecule has 1 saturated carbocycles. The van der Waals surface area contributed by atoms with Crippen molar-refractivity contribution < 1.29 is 14.7 Å². The number of carbonyl (C=O) groups is 2. The van der Waals surface area contributed by atoms with E-state index in [1.807, 2.05) is 0 Å². The van der Waals surface area contributed by atoms with Crippen LogP contribution in [0.5, 0.6) is 0 Å². The molecule has 0 unspecified atom stereocenters. The van der Waals surface area contributed by atoms with E-state index in [0.717, 1.165) is 6.54 Å². The molecule has 0 aliphatic heterocycles. The fourth-order valence-corrected chi connectivity index (χ4v) is 2.26. The number of nitrogens with one attached hydrogen (secondary N) is 1. The van der Waals surface area contributed by atoms with E-state index in [1.165, 1.54) is 25.7 Å². The van der Waals surface area contributed by atoms with Crippen LogP contribution in [0.4, 0.5) is 4.79 Å². The molecular weight excluding hydrogens is 220 g/mol. The van der Waals surface area contributed by atoms with Crippen LogP contribution in [0, 0.1) is 5.92 Å². The summed E-state index contributed by atoms with van der Waals surface area (Å²) in [5, 5.41) is 11.4. The van der Waals surface area contributed by atoms with Gasteiger partial charge >= 0.3 is 12.0 Å². The van der Waals surface area contributed by atoms with E-state index in [-0.39, 0.29) is 6.03 Å². The number of carboxylic acids is 1. The molecule has 0 spiro atoms. The number of hydrogen-bond donors (Lipinski definition) is 2. The van der Waals surface area contributed by atoms with Gasteiger partial charge in [0.2, 0.25) is 0 Å². The van der Waals surface area contributed by atoms with Crippen molar-refractivity contribution in [3.05, 3.63) is 0 Å². The van der Waals surface area contributed by atoms with E-state index in [0.29, 0.717) is 12.3 Å². The van der Waals surface area contributed by atoms with Crippen LogP contribution in [-0.2, 0) is 4.79 Å². The third-order valence-corrected chi connectivity index (χ3v) is 3.36. The molecule has 0 heterocycles. The first-order valence-electron chi connectivity index (χ1n) is 6.29. The smallest absolute Gasteiger partial charge is 0.326 e. The van der Waals surface area contributed by atoms with Crippen molar-refractivity contribution in [1.29, 1.82) is 0 Å². The van der Waals surface area contributed by atoms with Crippen molar-refractivity contribution in [3.8, 4) is 0 Å². The Kier molecular flexibility index (Phi) is 5.25. The van der Waals surface area contributed by atoms with E-state index < -0.39 is 12.0 Å². The Morgan fingerprint density at radius 2 is 2.00 bits per heavy atom. The molecule has 0 bridgehead atoms. The number of carbonyl (C=O) groups excluding carboxylic acids is 1. The van der Waals surface area contributed by atoms with E-state index >= 15 is 0 Å². The Balaban J connectivity index is 2.37. The molecule has 1 rings (SSSR count). The van der Waals surface area contributed by atoms with Crippen molar-refractivity contribution >= 4 is 12.0 Å². The minimum atomic E-state index is -0.977. The summed E-state index contributed by atoms with van der Waals surface area (Å²) in [6, 6.07) is -1.07. The molecule has 1 atom stereocenters. The van der Waals surface area contributed by atoms with Crippen LogP contribution in [-0.4, -0.2) is 41.6 Å². The Labute approximate surface area is 102 Å². The maximum Gasteiger partial charge on any atom is 0.326 e. The maximum atomic E-state index is 11.8. The highest BCUT2D eigenvalue weighted by Gasteiger charge is 2.22. The van der Waals surface area contributed by atoms with Crippen LogP contribution in [0.25, 0.3) is 0 Å². The van der Waals surface area contributed by atoms with Gasteiger partial charge in [0, 0.05) is 13.6 Å².